The molecule has 0 bridgehead atoms. The first-order valence-corrected chi connectivity index (χ1v) is 7.41. The summed E-state index contributed by atoms with van der Waals surface area (Å²) >= 11 is 0. The molecule has 0 fully saturated rings. The average molecular weight is 295 g/mol. The van der Waals surface area contributed by atoms with E-state index in [2.05, 4.69) is 5.32 Å². The summed E-state index contributed by atoms with van der Waals surface area (Å²) in [5, 5.41) is 2.72. The Bertz CT molecular complexity index is 473. The fourth-order valence-corrected chi connectivity index (χ4v) is 2.02. The molecule has 0 aromatic heterocycles. The highest BCUT2D eigenvalue weighted by Gasteiger charge is 2.14. The van der Waals surface area contributed by atoms with Crippen molar-refractivity contribution in [3.05, 3.63) is 24.0 Å². The minimum Gasteiger partial charge on any atom is -0.370 e. The Balaban J connectivity index is 2.74. The first-order valence-electron chi connectivity index (χ1n) is 7.41. The molecular formula is C16H26FN3O. The highest BCUT2D eigenvalue weighted by atomic mass is 19.1. The third-order valence-electron chi connectivity index (χ3n) is 3.77. The molecule has 0 saturated carbocycles. The third-order valence-corrected chi connectivity index (χ3v) is 3.77. The van der Waals surface area contributed by atoms with Crippen molar-refractivity contribution in [2.75, 3.05) is 23.8 Å². The SMILES string of the molecule is CCC(CN)CC(=O)Nc1ccc(N(C)C(C)C)c(F)c1. The van der Waals surface area contributed by atoms with Gasteiger partial charge in [0.05, 0.1) is 5.69 Å². The number of carbonyl (C=O) groups is 1. The number of hydrogen-bond acceptors (Lipinski definition) is 3. The van der Waals surface area contributed by atoms with E-state index >= 15 is 0 Å². The van der Waals surface area contributed by atoms with E-state index in [9.17, 15) is 9.18 Å². The van der Waals surface area contributed by atoms with Gasteiger partial charge in [-0.3, -0.25) is 4.79 Å². The van der Waals surface area contributed by atoms with Crippen molar-refractivity contribution in [1.29, 1.82) is 0 Å². The Kier molecular flexibility index (Phi) is 6.62. The van der Waals surface area contributed by atoms with Gasteiger partial charge in [-0.25, -0.2) is 4.39 Å². The highest BCUT2D eigenvalue weighted by molar-refractivity contribution is 5.91. The maximum Gasteiger partial charge on any atom is 0.224 e. The number of nitrogens with zero attached hydrogens (tertiary/aromatic N) is 1. The maximum atomic E-state index is 14.1. The summed E-state index contributed by atoms with van der Waals surface area (Å²) in [7, 11) is 1.84. The lowest BCUT2D eigenvalue weighted by atomic mass is 10.0. The topological polar surface area (TPSA) is 58.4 Å². The number of benzene rings is 1. The number of nitrogens with one attached hydrogen (secondary N) is 1. The molecular weight excluding hydrogens is 269 g/mol. The molecule has 0 aliphatic heterocycles. The molecule has 118 valence electrons. The Labute approximate surface area is 126 Å². The fraction of sp³-hybridized carbons (Fsp3) is 0.562. The number of halogens is 1. The van der Waals surface area contributed by atoms with E-state index in [4.69, 9.17) is 5.73 Å². The second-order valence-corrected chi connectivity index (χ2v) is 5.63. The van der Waals surface area contributed by atoms with Crippen molar-refractivity contribution in [3.8, 4) is 0 Å². The first-order chi connectivity index (χ1) is 9.88. The van der Waals surface area contributed by atoms with Crippen LogP contribution in [0.4, 0.5) is 15.8 Å². The van der Waals surface area contributed by atoms with Gasteiger partial charge in [-0.05, 0) is 44.5 Å². The predicted molar refractivity (Wildman–Crippen MR) is 86.0 cm³/mol. The molecule has 1 unspecified atom stereocenters. The van der Waals surface area contributed by atoms with Crippen LogP contribution in [-0.4, -0.2) is 25.5 Å². The lowest BCUT2D eigenvalue weighted by molar-refractivity contribution is -0.117. The normalized spacial score (nSPS) is 12.3. The van der Waals surface area contributed by atoms with Crippen LogP contribution < -0.4 is 16.0 Å². The summed E-state index contributed by atoms with van der Waals surface area (Å²) in [5.41, 5.74) is 6.59. The van der Waals surface area contributed by atoms with E-state index < -0.39 is 0 Å². The van der Waals surface area contributed by atoms with E-state index in [0.29, 0.717) is 24.3 Å². The molecule has 0 aliphatic rings. The van der Waals surface area contributed by atoms with E-state index in [0.717, 1.165) is 6.42 Å². The van der Waals surface area contributed by atoms with Crippen molar-refractivity contribution in [1.82, 2.24) is 0 Å². The van der Waals surface area contributed by atoms with Crippen molar-refractivity contribution in [3.63, 3.8) is 0 Å². The van der Waals surface area contributed by atoms with Gasteiger partial charge in [0.1, 0.15) is 5.82 Å². The van der Waals surface area contributed by atoms with Gasteiger partial charge in [0.25, 0.3) is 0 Å². The Morgan fingerprint density at radius 1 is 1.43 bits per heavy atom. The van der Waals surface area contributed by atoms with E-state index in [1.807, 2.05) is 32.7 Å². The summed E-state index contributed by atoms with van der Waals surface area (Å²) in [5.74, 6) is -0.298. The number of hydrogen-bond donors (Lipinski definition) is 2. The Morgan fingerprint density at radius 3 is 2.57 bits per heavy atom. The molecule has 5 heteroatoms. The molecule has 0 radical (unpaired) electrons. The summed E-state index contributed by atoms with van der Waals surface area (Å²) in [4.78, 5) is 13.7. The molecule has 1 amide bonds. The van der Waals surface area contributed by atoms with Gasteiger partial charge in [-0.2, -0.15) is 0 Å². The van der Waals surface area contributed by atoms with E-state index in [1.54, 1.807) is 12.1 Å². The van der Waals surface area contributed by atoms with Crippen LogP contribution in [0, 0.1) is 11.7 Å². The standard InChI is InChI=1S/C16H26FN3O/c1-5-12(10-18)8-16(21)19-13-6-7-15(14(17)9-13)20(4)11(2)3/h6-7,9,11-12H,5,8,10,18H2,1-4H3,(H,19,21). The second-order valence-electron chi connectivity index (χ2n) is 5.63. The number of nitrogens with two attached hydrogens (primary N) is 1. The number of rotatable bonds is 7. The second kappa shape index (κ2) is 7.98. The molecule has 21 heavy (non-hydrogen) atoms. The quantitative estimate of drug-likeness (QED) is 0.813. The maximum absolute atomic E-state index is 14.1. The zero-order valence-corrected chi connectivity index (χ0v) is 13.3. The molecule has 1 atom stereocenters. The first kappa shape index (κ1) is 17.4. The van der Waals surface area contributed by atoms with Crippen molar-refractivity contribution < 1.29 is 9.18 Å². The average Bonchev–Trinajstić information content (AvgIpc) is 2.44. The monoisotopic (exact) mass is 295 g/mol. The van der Waals surface area contributed by atoms with E-state index in [1.165, 1.54) is 6.07 Å². The van der Waals surface area contributed by atoms with Crippen LogP contribution in [0.2, 0.25) is 0 Å². The smallest absolute Gasteiger partial charge is 0.224 e. The predicted octanol–water partition coefficient (Wildman–Crippen LogP) is 2.98. The van der Waals surface area contributed by atoms with Gasteiger partial charge in [-0.15, -0.1) is 0 Å². The molecule has 3 N–H and O–H groups in total. The molecule has 1 aromatic carbocycles. The lowest BCUT2D eigenvalue weighted by Gasteiger charge is -2.24. The zero-order chi connectivity index (χ0) is 16.0. The minimum atomic E-state index is -0.338. The zero-order valence-electron chi connectivity index (χ0n) is 13.3. The van der Waals surface area contributed by atoms with Crippen molar-refractivity contribution in [2.24, 2.45) is 11.7 Å². The van der Waals surface area contributed by atoms with Crippen molar-refractivity contribution in [2.45, 2.75) is 39.7 Å². The highest BCUT2D eigenvalue weighted by Crippen LogP contribution is 2.23. The lowest BCUT2D eigenvalue weighted by Crippen LogP contribution is -2.26. The van der Waals surface area contributed by atoms with Crippen LogP contribution in [0.3, 0.4) is 0 Å². The van der Waals surface area contributed by atoms with Gasteiger partial charge >= 0.3 is 0 Å². The molecule has 1 aromatic rings. The summed E-state index contributed by atoms with van der Waals surface area (Å²) in [6.07, 6.45) is 1.22. The van der Waals surface area contributed by atoms with Gasteiger partial charge in [0.15, 0.2) is 0 Å². The molecule has 1 rings (SSSR count). The van der Waals surface area contributed by atoms with Gasteiger partial charge in [0.2, 0.25) is 5.91 Å². The van der Waals surface area contributed by atoms with Crippen LogP contribution in [-0.2, 0) is 4.79 Å². The van der Waals surface area contributed by atoms with Gasteiger partial charge in [-0.1, -0.05) is 13.3 Å². The fourth-order valence-electron chi connectivity index (χ4n) is 2.02. The van der Waals surface area contributed by atoms with Crippen LogP contribution in [0.1, 0.15) is 33.6 Å². The summed E-state index contributed by atoms with van der Waals surface area (Å²) < 4.78 is 14.1. The molecule has 0 heterocycles. The third kappa shape index (κ3) is 5.01. The van der Waals surface area contributed by atoms with Crippen LogP contribution >= 0.6 is 0 Å². The number of carbonyl (C=O) groups excluding carboxylic acids is 1. The molecule has 0 aliphatic carbocycles. The van der Waals surface area contributed by atoms with Crippen LogP contribution in [0.25, 0.3) is 0 Å². The van der Waals surface area contributed by atoms with Crippen molar-refractivity contribution >= 4 is 17.3 Å². The summed E-state index contributed by atoms with van der Waals surface area (Å²) in [6, 6.07) is 4.97. The number of anilines is 2. The van der Waals surface area contributed by atoms with Crippen LogP contribution in [0.5, 0.6) is 0 Å². The van der Waals surface area contributed by atoms with Gasteiger partial charge < -0.3 is 16.0 Å². The van der Waals surface area contributed by atoms with Crippen LogP contribution in [0.15, 0.2) is 18.2 Å². The number of amides is 1. The molecule has 0 saturated heterocycles. The molecule has 4 nitrogen and oxygen atoms in total. The Morgan fingerprint density at radius 2 is 2.10 bits per heavy atom. The van der Waals surface area contributed by atoms with E-state index in [-0.39, 0.29) is 23.7 Å². The molecule has 0 spiro atoms. The summed E-state index contributed by atoms with van der Waals surface area (Å²) in [6.45, 7) is 6.47. The minimum absolute atomic E-state index is 0.128. The largest absolute Gasteiger partial charge is 0.370 e. The Hall–Kier alpha value is -1.62. The van der Waals surface area contributed by atoms with Gasteiger partial charge in [0, 0.05) is 25.2 Å².